The summed E-state index contributed by atoms with van der Waals surface area (Å²) in [6.07, 6.45) is 0. The Labute approximate surface area is 325 Å². The Morgan fingerprint density at radius 2 is 1.62 bits per heavy atom. The Kier molecular flexibility index (Phi) is 10.1. The highest BCUT2D eigenvalue weighted by atomic mass is 35.5. The van der Waals surface area contributed by atoms with Crippen LogP contribution in [0.15, 0.2) is 72.6 Å². The average Bonchev–Trinajstić information content (AvgIpc) is 3.10. The molecule has 4 aromatic rings. The standard InChI is InChI=1S/C30H20Cl3FN8O10S3/c1-11(36-29-40-28(33)41-30(42-29)37-12-2-4-13(5-3-12)53(43)44)10-35-17-9-8-16-23(27(17)55(48,49)50)52-25-19(32)20-24(18(31)21(25)39-16)51-22-15(38-20)7-6-14(34)26(22)54(45,46)47/h2-9,11,38H,10H2,1H3,(H,43,44)(H,45,46,47)(H,48,49,50)(H2,36,37,40,41,42)/p-1. The van der Waals surface area contributed by atoms with Crippen molar-refractivity contribution in [3.05, 3.63) is 75.0 Å². The molecule has 5 N–H and O–H groups in total. The Balaban J connectivity index is 1.22. The van der Waals surface area contributed by atoms with E-state index >= 15 is 0 Å². The van der Waals surface area contributed by atoms with Gasteiger partial charge in [0.05, 0.1) is 17.6 Å². The van der Waals surface area contributed by atoms with Gasteiger partial charge in [-0.25, -0.2) is 9.37 Å². The number of hydrogen-bond acceptors (Lipinski definition) is 16. The van der Waals surface area contributed by atoms with Crippen molar-refractivity contribution in [2.24, 2.45) is 4.99 Å². The minimum atomic E-state index is -5.11. The third kappa shape index (κ3) is 7.59. The molecule has 3 aromatic carbocycles. The van der Waals surface area contributed by atoms with Gasteiger partial charge < -0.3 is 29.7 Å². The van der Waals surface area contributed by atoms with E-state index in [1.165, 1.54) is 36.4 Å². The quantitative estimate of drug-likeness (QED) is 0.0637. The zero-order valence-corrected chi connectivity index (χ0v) is 31.8. The predicted octanol–water partition coefficient (Wildman–Crippen LogP) is 5.94. The fourth-order valence-corrected chi connectivity index (χ4v) is 7.84. The summed E-state index contributed by atoms with van der Waals surface area (Å²) in [7, 11) is -10.2. The Bertz CT molecular complexity index is 2870. The van der Waals surface area contributed by atoms with Crippen molar-refractivity contribution in [1.29, 1.82) is 0 Å². The van der Waals surface area contributed by atoms with Gasteiger partial charge in [0.25, 0.3) is 0 Å². The van der Waals surface area contributed by atoms with Crippen LogP contribution in [-0.2, 0) is 31.3 Å². The topological polar surface area (TPSA) is 271 Å². The molecule has 55 heavy (non-hydrogen) atoms. The van der Waals surface area contributed by atoms with Gasteiger partial charge in [0.1, 0.15) is 32.8 Å². The minimum absolute atomic E-state index is 0.0103. The van der Waals surface area contributed by atoms with Crippen molar-refractivity contribution < 1.29 is 48.2 Å². The first kappa shape index (κ1) is 38.5. The number of rotatable bonds is 9. The number of nitrogens with zero attached hydrogens (tertiary/aromatic N) is 5. The maximum absolute atomic E-state index is 14.5. The van der Waals surface area contributed by atoms with Crippen LogP contribution in [0.5, 0.6) is 11.5 Å². The van der Waals surface area contributed by atoms with Gasteiger partial charge in [0.2, 0.25) is 17.2 Å². The number of fused-ring (bicyclic) bond motifs is 4. The van der Waals surface area contributed by atoms with E-state index in [2.05, 4.69) is 40.9 Å². The summed E-state index contributed by atoms with van der Waals surface area (Å²) >= 11 is 16.9. The lowest BCUT2D eigenvalue weighted by atomic mass is 10.1. The first-order chi connectivity index (χ1) is 25.9. The van der Waals surface area contributed by atoms with Crippen LogP contribution >= 0.6 is 34.8 Å². The molecule has 2 atom stereocenters. The third-order valence-electron chi connectivity index (χ3n) is 7.64. The Hall–Kier alpha value is -4.78. The molecule has 25 heteroatoms. The van der Waals surface area contributed by atoms with Crippen LogP contribution in [0.1, 0.15) is 6.92 Å². The van der Waals surface area contributed by atoms with Gasteiger partial charge in [-0.1, -0.05) is 23.2 Å². The molecule has 3 heterocycles. The number of halogens is 4. The number of hydrogen-bond donors (Lipinski definition) is 5. The van der Waals surface area contributed by atoms with E-state index in [4.69, 9.17) is 44.0 Å². The van der Waals surface area contributed by atoms with E-state index in [-0.39, 0.29) is 77.9 Å². The van der Waals surface area contributed by atoms with Crippen molar-refractivity contribution in [1.82, 2.24) is 19.9 Å². The maximum atomic E-state index is 14.5. The van der Waals surface area contributed by atoms with Crippen molar-refractivity contribution in [2.75, 3.05) is 22.5 Å². The average molecular weight is 873 g/mol. The molecule has 3 aliphatic rings. The molecule has 1 aliphatic carbocycles. The first-order valence-electron chi connectivity index (χ1n) is 15.0. The molecule has 286 valence electrons. The molecule has 0 fully saturated rings. The Morgan fingerprint density at radius 3 is 2.29 bits per heavy atom. The van der Waals surface area contributed by atoms with Crippen LogP contribution in [-0.4, -0.2) is 67.2 Å². The van der Waals surface area contributed by atoms with Gasteiger partial charge in [-0.15, -0.1) is 0 Å². The molecule has 7 rings (SSSR count). The van der Waals surface area contributed by atoms with Gasteiger partial charge in [-0.2, -0.15) is 31.8 Å². The highest BCUT2D eigenvalue weighted by molar-refractivity contribution is 7.86. The third-order valence-corrected chi connectivity index (χ3v) is 11.0. The van der Waals surface area contributed by atoms with Gasteiger partial charge in [-0.05, 0) is 78.1 Å². The van der Waals surface area contributed by atoms with E-state index in [0.717, 1.165) is 12.1 Å². The molecular weight excluding hydrogens is 854 g/mol. The highest BCUT2D eigenvalue weighted by Crippen LogP contribution is 2.54. The number of anilines is 5. The molecule has 0 saturated carbocycles. The Morgan fingerprint density at radius 1 is 0.927 bits per heavy atom. The number of ether oxygens (including phenoxy) is 1. The highest BCUT2D eigenvalue weighted by Gasteiger charge is 2.34. The normalized spacial score (nSPS) is 14.1. The van der Waals surface area contributed by atoms with Crippen LogP contribution in [0.3, 0.4) is 0 Å². The lowest BCUT2D eigenvalue weighted by Crippen LogP contribution is -2.24. The summed E-state index contributed by atoms with van der Waals surface area (Å²) in [5, 5.41) is 7.56. The van der Waals surface area contributed by atoms with Gasteiger partial charge in [0, 0.05) is 16.6 Å². The lowest BCUT2D eigenvalue weighted by molar-refractivity contribution is 0.433. The second kappa shape index (κ2) is 14.4. The summed E-state index contributed by atoms with van der Waals surface area (Å²) in [5.41, 5.74) is -0.417. The summed E-state index contributed by atoms with van der Waals surface area (Å²) in [5.74, 6) is -2.67. The monoisotopic (exact) mass is 871 g/mol. The van der Waals surface area contributed by atoms with Crippen LogP contribution in [0.25, 0.3) is 22.6 Å². The van der Waals surface area contributed by atoms with Crippen LogP contribution in [0, 0.1) is 5.82 Å². The zero-order chi connectivity index (χ0) is 39.6. The van der Waals surface area contributed by atoms with Crippen LogP contribution in [0.4, 0.5) is 33.3 Å². The minimum Gasteiger partial charge on any atom is -0.768 e. The van der Waals surface area contributed by atoms with E-state index < -0.39 is 64.5 Å². The molecule has 0 spiro atoms. The van der Waals surface area contributed by atoms with Crippen LogP contribution < -0.4 is 26.0 Å². The van der Waals surface area contributed by atoms with Gasteiger partial charge in [-0.3, -0.25) is 18.3 Å². The number of benzene rings is 4. The van der Waals surface area contributed by atoms with E-state index in [1.807, 2.05) is 0 Å². The molecule has 0 radical (unpaired) electrons. The molecule has 0 amide bonds. The summed E-state index contributed by atoms with van der Waals surface area (Å²) in [6.45, 7) is 1.54. The fourth-order valence-electron chi connectivity index (χ4n) is 5.33. The van der Waals surface area contributed by atoms with E-state index in [1.54, 1.807) is 6.92 Å². The first-order valence-corrected chi connectivity index (χ1v) is 20.1. The summed E-state index contributed by atoms with van der Waals surface area (Å²) < 4.78 is 118. The molecule has 2 aliphatic heterocycles. The molecule has 1 aromatic heterocycles. The van der Waals surface area contributed by atoms with E-state index in [9.17, 15) is 39.1 Å². The number of aromatic nitrogens is 4. The second-order valence-electron chi connectivity index (χ2n) is 11.4. The SMILES string of the molecule is CC(CN=c1ccc2nc3c(Cl)c4c(c(Cl)c3oc-2c1S(=O)(=O)O)Nc1ccc(F)c(S(=O)(=O)O)c1O4)Nc1nc(Cl)nc(Nc2ccc(S(=O)[O-])cc2)n1. The predicted molar refractivity (Wildman–Crippen MR) is 195 cm³/mol. The summed E-state index contributed by atoms with van der Waals surface area (Å²) in [4.78, 5) is 19.1. The van der Waals surface area contributed by atoms with Crippen molar-refractivity contribution in [3.63, 3.8) is 0 Å². The second-order valence-corrected chi connectivity index (χ2v) is 16.2. The molecular formula is C30H19Cl3FN8O10S3-. The largest absolute Gasteiger partial charge is 0.768 e. The molecule has 0 bridgehead atoms. The fraction of sp³-hybridized carbons (Fsp3) is 0.100. The molecule has 18 nitrogen and oxygen atoms in total. The summed E-state index contributed by atoms with van der Waals surface area (Å²) in [6, 6.07) is 9.57. The van der Waals surface area contributed by atoms with Gasteiger partial charge >= 0.3 is 20.2 Å². The van der Waals surface area contributed by atoms with Crippen molar-refractivity contribution in [3.8, 4) is 23.0 Å². The number of nitrogens with one attached hydrogen (secondary N) is 3. The smallest absolute Gasteiger partial charge is 0.301 e. The van der Waals surface area contributed by atoms with Crippen LogP contribution in [0.2, 0.25) is 15.3 Å². The van der Waals surface area contributed by atoms with Crippen molar-refractivity contribution in [2.45, 2.75) is 27.7 Å². The molecule has 2 unspecified atom stereocenters. The van der Waals surface area contributed by atoms with E-state index in [0.29, 0.717) is 5.69 Å². The maximum Gasteiger partial charge on any atom is 0.301 e. The molecule has 0 saturated heterocycles. The lowest BCUT2D eigenvalue weighted by Gasteiger charge is -2.25. The van der Waals surface area contributed by atoms with Crippen molar-refractivity contribution >= 4 is 106 Å². The zero-order valence-electron chi connectivity index (χ0n) is 27.0. The van der Waals surface area contributed by atoms with Gasteiger partial charge in [0.15, 0.2) is 32.6 Å².